The zero-order chi connectivity index (χ0) is 8.27. The van der Waals surface area contributed by atoms with E-state index >= 15 is 0 Å². The maximum Gasteiger partial charge on any atom is 0.146 e. The number of hydrogen-bond donors (Lipinski definition) is 0. The van der Waals surface area contributed by atoms with E-state index in [9.17, 15) is 0 Å². The van der Waals surface area contributed by atoms with Crippen LogP contribution in [0.25, 0.3) is 5.73 Å². The van der Waals surface area contributed by atoms with Crippen LogP contribution >= 0.6 is 0 Å². The van der Waals surface area contributed by atoms with E-state index in [-0.39, 0.29) is 5.95 Å². The van der Waals surface area contributed by atoms with Gasteiger partial charge in [-0.25, -0.2) is 0 Å². The van der Waals surface area contributed by atoms with Crippen LogP contribution < -0.4 is 9.47 Å². The van der Waals surface area contributed by atoms with E-state index < -0.39 is 0 Å². The minimum Gasteiger partial charge on any atom is -0.493 e. The van der Waals surface area contributed by atoms with Crippen LogP contribution in [0.15, 0.2) is 6.07 Å². The van der Waals surface area contributed by atoms with Gasteiger partial charge in [0.1, 0.15) is 11.8 Å². The summed E-state index contributed by atoms with van der Waals surface area (Å²) in [5.74, 6) is 0.560. The Balaban J connectivity index is 3.02. The lowest BCUT2D eigenvalue weighted by atomic mass is 10.6. The number of nitrogens with zero attached hydrogens (tertiary/aromatic N) is 2. The quantitative estimate of drug-likeness (QED) is 0.641. The molecule has 0 amide bonds. The van der Waals surface area contributed by atoms with Crippen molar-refractivity contribution in [1.82, 2.24) is 9.97 Å². The van der Waals surface area contributed by atoms with Crippen LogP contribution in [0.2, 0.25) is 0 Å². The first-order chi connectivity index (χ1) is 5.26. The zero-order valence-electron chi connectivity index (χ0n) is 6.29. The predicted molar refractivity (Wildman–Crippen MR) is 39.1 cm³/mol. The molecule has 1 rings (SSSR count). The molecule has 0 saturated carbocycles. The van der Waals surface area contributed by atoms with Crippen molar-refractivity contribution >= 4 is 5.95 Å². The molecule has 0 spiro atoms. The Morgan fingerprint density at radius 1 is 1.18 bits per heavy atom. The van der Waals surface area contributed by atoms with Crippen molar-refractivity contribution in [1.29, 1.82) is 0 Å². The molecule has 11 heavy (non-hydrogen) atoms. The van der Waals surface area contributed by atoms with Crippen LogP contribution in [-0.4, -0.2) is 24.2 Å². The van der Waals surface area contributed by atoms with Crippen molar-refractivity contribution in [2.75, 3.05) is 14.2 Å². The van der Waals surface area contributed by atoms with Crippen LogP contribution in [0.1, 0.15) is 0 Å². The Morgan fingerprint density at radius 3 is 2.00 bits per heavy atom. The van der Waals surface area contributed by atoms with Gasteiger partial charge in [-0.3, -0.25) is 0 Å². The summed E-state index contributed by atoms with van der Waals surface area (Å²) in [4.78, 5) is 7.31. The average molecular weight is 154 g/mol. The Bertz CT molecular complexity index is 229. The van der Waals surface area contributed by atoms with Gasteiger partial charge in [0.2, 0.25) is 0 Å². The number of rotatable bonds is 2. The van der Waals surface area contributed by atoms with E-state index in [0.717, 1.165) is 0 Å². The number of hydrogen-bond acceptors (Lipinski definition) is 4. The average Bonchev–Trinajstić information content (AvgIpc) is 2.03. The summed E-state index contributed by atoms with van der Waals surface area (Å²) in [6, 6.07) is 1.51. The molecule has 1 heterocycles. The highest BCUT2D eigenvalue weighted by molar-refractivity contribution is 5.32. The molecule has 5 nitrogen and oxygen atoms in total. The first-order valence-corrected chi connectivity index (χ1v) is 2.95. The first kappa shape index (κ1) is 7.59. The molecule has 0 unspecified atom stereocenters. The molecule has 0 aliphatic heterocycles. The molecule has 0 aliphatic carbocycles. The summed E-state index contributed by atoms with van der Waals surface area (Å²) >= 11 is 0. The molecule has 0 radical (unpaired) electrons. The molecule has 0 saturated heterocycles. The van der Waals surface area contributed by atoms with Gasteiger partial charge in [0.05, 0.1) is 14.2 Å². The molecule has 0 atom stereocenters. The topological polar surface area (TPSA) is 68.0 Å². The van der Waals surface area contributed by atoms with Gasteiger partial charge in [0.25, 0.3) is 0 Å². The lowest BCUT2D eigenvalue weighted by molar-refractivity contribution is 0.373. The highest BCUT2D eigenvalue weighted by Crippen LogP contribution is 2.17. The summed E-state index contributed by atoms with van der Waals surface area (Å²) < 4.78 is 9.57. The maximum atomic E-state index is 7.10. The lowest BCUT2D eigenvalue weighted by Gasteiger charge is -2.10. The monoisotopic (exact) mass is 154 g/mol. The van der Waals surface area contributed by atoms with Crippen LogP contribution in [0, 0.1) is 0 Å². The SMILES string of the molecule is COc1cc(OC)nc([NH-])n1. The minimum absolute atomic E-state index is 0.110. The van der Waals surface area contributed by atoms with Crippen LogP contribution in [0.3, 0.4) is 0 Å². The lowest BCUT2D eigenvalue weighted by Crippen LogP contribution is -1.92. The van der Waals surface area contributed by atoms with Crippen molar-refractivity contribution in [3.05, 3.63) is 11.8 Å². The molecule has 0 aromatic carbocycles. The van der Waals surface area contributed by atoms with Gasteiger partial charge in [-0.05, 0) is 0 Å². The van der Waals surface area contributed by atoms with Crippen LogP contribution in [-0.2, 0) is 0 Å². The third kappa shape index (κ3) is 1.70. The third-order valence-electron chi connectivity index (χ3n) is 1.10. The molecule has 1 N–H and O–H groups in total. The molecular formula is C6H8N3O2-. The largest absolute Gasteiger partial charge is 0.493 e. The van der Waals surface area contributed by atoms with Crippen molar-refractivity contribution in [2.24, 2.45) is 0 Å². The molecule has 0 bridgehead atoms. The van der Waals surface area contributed by atoms with Crippen molar-refractivity contribution in [3.8, 4) is 11.8 Å². The Labute approximate surface area is 64.2 Å². The molecular weight excluding hydrogens is 146 g/mol. The fourth-order valence-corrected chi connectivity index (χ4v) is 0.613. The number of nitrogens with one attached hydrogen (secondary N) is 1. The smallest absolute Gasteiger partial charge is 0.146 e. The van der Waals surface area contributed by atoms with Crippen LogP contribution in [0.5, 0.6) is 11.8 Å². The van der Waals surface area contributed by atoms with E-state index in [1.54, 1.807) is 0 Å². The fraction of sp³-hybridized carbons (Fsp3) is 0.333. The van der Waals surface area contributed by atoms with E-state index in [4.69, 9.17) is 15.2 Å². The van der Waals surface area contributed by atoms with Gasteiger partial charge in [-0.1, -0.05) is 0 Å². The van der Waals surface area contributed by atoms with Gasteiger partial charge < -0.3 is 25.2 Å². The summed E-state index contributed by atoms with van der Waals surface area (Å²) in [6.45, 7) is 0. The van der Waals surface area contributed by atoms with Crippen molar-refractivity contribution in [2.45, 2.75) is 0 Å². The van der Waals surface area contributed by atoms with Crippen molar-refractivity contribution in [3.63, 3.8) is 0 Å². The highest BCUT2D eigenvalue weighted by Gasteiger charge is 1.91. The molecule has 60 valence electrons. The van der Waals surface area contributed by atoms with Gasteiger partial charge in [-0.2, -0.15) is 0 Å². The number of methoxy groups -OCH3 is 2. The normalized spacial score (nSPS) is 9.27. The molecule has 0 aliphatic rings. The second kappa shape index (κ2) is 3.05. The standard InChI is InChI=1S/C6H8N3O2/c1-10-4-3-5(11-2)9-6(7)8-4/h3H,1-2H3,(H-,7,8,9)/q-1. The Morgan fingerprint density at radius 2 is 1.64 bits per heavy atom. The summed E-state index contributed by atoms with van der Waals surface area (Å²) in [7, 11) is 2.95. The Kier molecular flexibility index (Phi) is 2.10. The third-order valence-corrected chi connectivity index (χ3v) is 1.10. The van der Waals surface area contributed by atoms with Gasteiger partial charge in [0, 0.05) is 12.0 Å². The highest BCUT2D eigenvalue weighted by atomic mass is 16.5. The van der Waals surface area contributed by atoms with Crippen molar-refractivity contribution < 1.29 is 9.47 Å². The summed E-state index contributed by atoms with van der Waals surface area (Å²) in [6.07, 6.45) is 0. The zero-order valence-corrected chi connectivity index (χ0v) is 6.29. The van der Waals surface area contributed by atoms with Gasteiger partial charge >= 0.3 is 0 Å². The van der Waals surface area contributed by atoms with Crippen LogP contribution in [0.4, 0.5) is 5.95 Å². The van der Waals surface area contributed by atoms with Gasteiger partial charge in [-0.15, -0.1) is 0 Å². The molecule has 1 aromatic heterocycles. The van der Waals surface area contributed by atoms with E-state index in [2.05, 4.69) is 9.97 Å². The second-order valence-electron chi connectivity index (χ2n) is 1.78. The predicted octanol–water partition coefficient (Wildman–Crippen LogP) is 1.18. The Hall–Kier alpha value is -1.52. The molecule has 5 heteroatoms. The van der Waals surface area contributed by atoms with E-state index in [0.29, 0.717) is 11.8 Å². The number of aromatic nitrogens is 2. The maximum absolute atomic E-state index is 7.10. The van der Waals surface area contributed by atoms with E-state index in [1.807, 2.05) is 0 Å². The molecule has 0 fully saturated rings. The minimum atomic E-state index is -0.110. The second-order valence-corrected chi connectivity index (χ2v) is 1.78. The first-order valence-electron chi connectivity index (χ1n) is 2.95. The van der Waals surface area contributed by atoms with Gasteiger partial charge in [0.15, 0.2) is 0 Å². The van der Waals surface area contributed by atoms with E-state index in [1.165, 1.54) is 20.3 Å². The molecule has 1 aromatic rings. The summed E-state index contributed by atoms with van der Waals surface area (Å²) in [5.41, 5.74) is 7.10. The summed E-state index contributed by atoms with van der Waals surface area (Å²) in [5, 5.41) is 0. The number of ether oxygens (including phenoxy) is 2. The fourth-order valence-electron chi connectivity index (χ4n) is 0.613.